The van der Waals surface area contributed by atoms with Gasteiger partial charge in [-0.05, 0) is 32.1 Å². The summed E-state index contributed by atoms with van der Waals surface area (Å²) >= 11 is 0. The number of rotatable bonds is 15. The molecule has 0 atom stereocenters. The molecule has 21 heavy (non-hydrogen) atoms. The smallest absolute Gasteiger partial charge is 0.404 e. The van der Waals surface area contributed by atoms with Gasteiger partial charge >= 0.3 is 6.09 Å². The van der Waals surface area contributed by atoms with Crippen molar-refractivity contribution in [2.24, 2.45) is 0 Å². The zero-order valence-corrected chi connectivity index (χ0v) is 13.9. The summed E-state index contributed by atoms with van der Waals surface area (Å²) in [6, 6.07) is 0. The summed E-state index contributed by atoms with van der Waals surface area (Å²) in [5, 5.41) is 10.8. The molecule has 0 aromatic rings. The Bertz CT molecular complexity index is 252. The summed E-state index contributed by atoms with van der Waals surface area (Å²) in [7, 11) is 0. The number of carbonyl (C=O) groups is 1. The molecule has 0 saturated heterocycles. The lowest BCUT2D eigenvalue weighted by molar-refractivity contribution is 0.194. The summed E-state index contributed by atoms with van der Waals surface area (Å²) in [6.07, 6.45) is 20.3. The van der Waals surface area contributed by atoms with Crippen LogP contribution in [0.5, 0.6) is 0 Å². The Balaban J connectivity index is 3.07. The molecule has 0 saturated carbocycles. The van der Waals surface area contributed by atoms with Crippen molar-refractivity contribution in [3.63, 3.8) is 0 Å². The Morgan fingerprint density at radius 2 is 1.29 bits per heavy atom. The molecule has 2 N–H and O–H groups in total. The Labute approximate surface area is 131 Å². The Hall–Kier alpha value is -0.990. The van der Waals surface area contributed by atoms with Crippen LogP contribution in [-0.4, -0.2) is 17.7 Å². The second-order valence-corrected chi connectivity index (χ2v) is 5.82. The Morgan fingerprint density at radius 1 is 0.810 bits per heavy atom. The van der Waals surface area contributed by atoms with Crippen molar-refractivity contribution in [3.8, 4) is 0 Å². The molecule has 0 aliphatic heterocycles. The van der Waals surface area contributed by atoms with Gasteiger partial charge in [-0.1, -0.05) is 70.4 Å². The van der Waals surface area contributed by atoms with E-state index in [4.69, 9.17) is 5.11 Å². The molecule has 1 amide bonds. The highest BCUT2D eigenvalue weighted by Gasteiger charge is 1.93. The van der Waals surface area contributed by atoms with Crippen LogP contribution in [0, 0.1) is 0 Å². The minimum Gasteiger partial charge on any atom is -0.465 e. The number of carboxylic acid groups (broad SMARTS) is 1. The Morgan fingerprint density at radius 3 is 1.81 bits per heavy atom. The van der Waals surface area contributed by atoms with E-state index in [1.54, 1.807) is 0 Å². The van der Waals surface area contributed by atoms with Crippen LogP contribution in [0.25, 0.3) is 0 Å². The number of hydrogen-bond acceptors (Lipinski definition) is 1. The van der Waals surface area contributed by atoms with Gasteiger partial charge in [-0.15, -0.1) is 0 Å². The maximum Gasteiger partial charge on any atom is 0.404 e. The third-order valence-electron chi connectivity index (χ3n) is 3.71. The van der Waals surface area contributed by atoms with Crippen LogP contribution in [-0.2, 0) is 0 Å². The third kappa shape index (κ3) is 19.0. The average Bonchev–Trinajstić information content (AvgIpc) is 2.46. The molecule has 0 radical (unpaired) electrons. The molecule has 0 heterocycles. The molecule has 124 valence electrons. The van der Waals surface area contributed by atoms with Gasteiger partial charge in [0.15, 0.2) is 0 Å². The second-order valence-electron chi connectivity index (χ2n) is 5.82. The van der Waals surface area contributed by atoms with Crippen molar-refractivity contribution in [2.75, 3.05) is 6.54 Å². The van der Waals surface area contributed by atoms with Crippen molar-refractivity contribution in [3.05, 3.63) is 12.2 Å². The molecule has 0 aromatic carbocycles. The first kappa shape index (κ1) is 20.0. The highest BCUT2D eigenvalue weighted by molar-refractivity contribution is 5.64. The van der Waals surface area contributed by atoms with Gasteiger partial charge in [0, 0.05) is 6.54 Å². The summed E-state index contributed by atoms with van der Waals surface area (Å²) in [5.74, 6) is 0. The van der Waals surface area contributed by atoms with E-state index in [0.717, 1.165) is 12.8 Å². The summed E-state index contributed by atoms with van der Waals surface area (Å²) in [4.78, 5) is 10.2. The first-order valence-electron chi connectivity index (χ1n) is 8.89. The lowest BCUT2D eigenvalue weighted by Crippen LogP contribution is -2.21. The van der Waals surface area contributed by atoms with Crippen LogP contribution in [0.2, 0.25) is 0 Å². The molecule has 0 aromatic heterocycles. The molecule has 0 aliphatic carbocycles. The molecule has 0 aliphatic rings. The lowest BCUT2D eigenvalue weighted by atomic mass is 10.1. The fraction of sp³-hybridized carbons (Fsp3) is 0.833. The highest BCUT2D eigenvalue weighted by atomic mass is 16.4. The largest absolute Gasteiger partial charge is 0.465 e. The van der Waals surface area contributed by atoms with E-state index in [1.165, 1.54) is 70.6 Å². The van der Waals surface area contributed by atoms with E-state index >= 15 is 0 Å². The normalized spacial score (nSPS) is 11.1. The van der Waals surface area contributed by atoms with E-state index in [9.17, 15) is 4.79 Å². The third-order valence-corrected chi connectivity index (χ3v) is 3.71. The molecule has 3 nitrogen and oxygen atoms in total. The van der Waals surface area contributed by atoms with E-state index in [-0.39, 0.29) is 0 Å². The number of allylic oxidation sites excluding steroid dienone is 2. The number of unbranched alkanes of at least 4 members (excludes halogenated alkanes) is 11. The van der Waals surface area contributed by atoms with Crippen molar-refractivity contribution in [1.29, 1.82) is 0 Å². The van der Waals surface area contributed by atoms with Crippen LogP contribution in [0.15, 0.2) is 12.2 Å². The molecule has 0 spiro atoms. The Kier molecular flexibility index (Phi) is 16.3. The zero-order valence-electron chi connectivity index (χ0n) is 13.9. The standard InChI is InChI=1S/C18H35NO2/c1-2-3-4-5-6-7-8-9-10-11-12-13-14-15-16-17-19-18(20)21/h9-10,19H,2-8,11-17H2,1H3,(H,20,21)/b10-9-. The highest BCUT2D eigenvalue weighted by Crippen LogP contribution is 2.09. The monoisotopic (exact) mass is 297 g/mol. The number of hydrogen-bond donors (Lipinski definition) is 2. The minimum absolute atomic E-state index is 0.591. The predicted molar refractivity (Wildman–Crippen MR) is 90.9 cm³/mol. The van der Waals surface area contributed by atoms with Crippen molar-refractivity contribution in [2.45, 2.75) is 90.4 Å². The van der Waals surface area contributed by atoms with E-state index in [0.29, 0.717) is 6.54 Å². The van der Waals surface area contributed by atoms with Crippen LogP contribution in [0.3, 0.4) is 0 Å². The van der Waals surface area contributed by atoms with Gasteiger partial charge in [0.2, 0.25) is 0 Å². The van der Waals surface area contributed by atoms with Gasteiger partial charge in [-0.2, -0.15) is 0 Å². The summed E-state index contributed by atoms with van der Waals surface area (Å²) in [5.41, 5.74) is 0. The van der Waals surface area contributed by atoms with Gasteiger partial charge in [0.1, 0.15) is 0 Å². The quantitative estimate of drug-likeness (QED) is 0.292. The molecule has 3 heteroatoms. The SMILES string of the molecule is CCCCCCCC/C=C\CCCCCCCNC(=O)O. The van der Waals surface area contributed by atoms with Gasteiger partial charge in [0.25, 0.3) is 0 Å². The van der Waals surface area contributed by atoms with Crippen molar-refractivity contribution >= 4 is 6.09 Å². The fourth-order valence-corrected chi connectivity index (χ4v) is 2.39. The molecular formula is C18H35NO2. The minimum atomic E-state index is -0.912. The first-order valence-corrected chi connectivity index (χ1v) is 8.89. The number of amides is 1. The number of nitrogens with one attached hydrogen (secondary N) is 1. The topological polar surface area (TPSA) is 49.3 Å². The van der Waals surface area contributed by atoms with Gasteiger partial charge in [0.05, 0.1) is 0 Å². The van der Waals surface area contributed by atoms with Crippen molar-refractivity contribution in [1.82, 2.24) is 5.32 Å². The zero-order chi connectivity index (χ0) is 15.6. The lowest BCUT2D eigenvalue weighted by Gasteiger charge is -2.01. The van der Waals surface area contributed by atoms with Gasteiger partial charge < -0.3 is 10.4 Å². The molecule has 0 rings (SSSR count). The van der Waals surface area contributed by atoms with Crippen LogP contribution in [0.4, 0.5) is 4.79 Å². The van der Waals surface area contributed by atoms with Crippen LogP contribution in [0.1, 0.15) is 90.4 Å². The maximum atomic E-state index is 10.2. The molecule has 0 bridgehead atoms. The predicted octanol–water partition coefficient (Wildman–Crippen LogP) is 5.90. The second kappa shape index (κ2) is 17.1. The summed E-state index contributed by atoms with van der Waals surface area (Å²) < 4.78 is 0. The van der Waals surface area contributed by atoms with Gasteiger partial charge in [-0.25, -0.2) is 4.79 Å². The average molecular weight is 297 g/mol. The van der Waals surface area contributed by atoms with Gasteiger partial charge in [-0.3, -0.25) is 0 Å². The summed E-state index contributed by atoms with van der Waals surface area (Å²) in [6.45, 7) is 2.85. The fourth-order valence-electron chi connectivity index (χ4n) is 2.39. The van der Waals surface area contributed by atoms with Crippen molar-refractivity contribution < 1.29 is 9.90 Å². The maximum absolute atomic E-state index is 10.2. The van der Waals surface area contributed by atoms with Crippen LogP contribution < -0.4 is 5.32 Å². The van der Waals surface area contributed by atoms with E-state index in [2.05, 4.69) is 24.4 Å². The molecule has 0 unspecified atom stereocenters. The van der Waals surface area contributed by atoms with E-state index < -0.39 is 6.09 Å². The molecule has 0 fully saturated rings. The first-order chi connectivity index (χ1) is 10.3. The molecular weight excluding hydrogens is 262 g/mol. The van der Waals surface area contributed by atoms with Crippen LogP contribution >= 0.6 is 0 Å². The van der Waals surface area contributed by atoms with E-state index in [1.807, 2.05) is 0 Å².